The first-order chi connectivity index (χ1) is 19.5. The normalized spacial score (nSPS) is 9.07. The number of carboxylic acids is 1. The van der Waals surface area contributed by atoms with Gasteiger partial charge in [0.1, 0.15) is 0 Å². The van der Waals surface area contributed by atoms with Gasteiger partial charge in [-0.2, -0.15) is 0 Å². The molecule has 10 nitrogen and oxygen atoms in total. The Labute approximate surface area is 284 Å². The van der Waals surface area contributed by atoms with Crippen LogP contribution in [0.2, 0.25) is 0 Å². The molecule has 0 spiro atoms. The maximum atomic E-state index is 10.3. The van der Waals surface area contributed by atoms with Gasteiger partial charge in [0.25, 0.3) is 5.09 Å². The van der Waals surface area contributed by atoms with Gasteiger partial charge in [0, 0.05) is 30.5 Å². The van der Waals surface area contributed by atoms with E-state index in [-0.39, 0.29) is 45.8 Å². The van der Waals surface area contributed by atoms with Gasteiger partial charge >= 0.3 is 27.0 Å². The van der Waals surface area contributed by atoms with E-state index in [1.807, 2.05) is 24.4 Å². The topological polar surface area (TPSA) is 204 Å². The predicted octanol–water partition coefficient (Wildman–Crippen LogP) is 6.31. The largest absolute Gasteiger partial charge is 4.00 e. The zero-order valence-electron chi connectivity index (χ0n) is 26.6. The molecule has 2 aromatic carbocycles. The third kappa shape index (κ3) is 28.4. The summed E-state index contributed by atoms with van der Waals surface area (Å²) in [5.74, 6) is -0.653. The fraction of sp³-hybridized carbons (Fsp3) is 0.562. The average molecular weight is 823 g/mol. The van der Waals surface area contributed by atoms with Crippen LogP contribution in [0.3, 0.4) is 0 Å². The van der Waals surface area contributed by atoms with E-state index < -0.39 is 11.1 Å². The molecule has 0 aliphatic rings. The van der Waals surface area contributed by atoms with Crippen LogP contribution in [0.15, 0.2) is 54.7 Å². The van der Waals surface area contributed by atoms with Crippen LogP contribution < -0.4 is 24.7 Å². The summed E-state index contributed by atoms with van der Waals surface area (Å²) < 4.78 is 0. The fourth-order valence-electron chi connectivity index (χ4n) is 4.46. The summed E-state index contributed by atoms with van der Waals surface area (Å²) in [5.41, 5.74) is 1.06. The molecule has 12 heteroatoms. The third-order valence-corrected chi connectivity index (χ3v) is 6.49. The van der Waals surface area contributed by atoms with Crippen LogP contribution >= 0.6 is 0 Å². The van der Waals surface area contributed by atoms with E-state index in [1.54, 1.807) is 0 Å². The summed E-state index contributed by atoms with van der Waals surface area (Å²) in [6, 6.07) is 16.6. The van der Waals surface area contributed by atoms with Crippen molar-refractivity contribution in [3.8, 4) is 0 Å². The molecule has 0 bridgehead atoms. The second-order valence-electron chi connectivity index (χ2n) is 9.69. The smallest absolute Gasteiger partial charge is 1.00 e. The standard InChI is InChI=1S/C18H36O2.C13H9N.CH4O.ClH.HNO3.2H3N.Pt/c1-2-3-4-5-6-7-8-9-10-11-12-13-14-15-16-17-18(19)20;1-2-6-11-10(5-1)9-14-13-8-4-3-7-12(11)13;1-2;;2-1(3)4;;;/h2-17H2,1H3,(H,19,20);1-9H;2H,1H3;1H;(H,2,3,4);2*1H3;/q;;;;;;;+4/p-1. The molecule has 1 heterocycles. The molecule has 44 heavy (non-hydrogen) atoms. The molecule has 3 aromatic rings. The van der Waals surface area contributed by atoms with Crippen LogP contribution in [-0.2, 0) is 25.9 Å². The van der Waals surface area contributed by atoms with Crippen molar-refractivity contribution >= 4 is 27.6 Å². The number of carboxylic acid groups (broad SMARTS) is 1. The van der Waals surface area contributed by atoms with E-state index in [9.17, 15) is 4.79 Å². The van der Waals surface area contributed by atoms with Crippen LogP contribution in [-0.4, -0.2) is 38.6 Å². The van der Waals surface area contributed by atoms with E-state index >= 15 is 0 Å². The number of hydrogen-bond acceptors (Lipinski definition) is 7. The summed E-state index contributed by atoms with van der Waals surface area (Å²) in [6.45, 7) is 2.27. The van der Waals surface area contributed by atoms with Gasteiger partial charge in [0.05, 0.1) is 5.52 Å². The fourth-order valence-corrected chi connectivity index (χ4v) is 4.46. The number of unbranched alkanes of at least 4 members (excludes halogenated alkanes) is 14. The van der Waals surface area contributed by atoms with Crippen molar-refractivity contribution < 1.29 is 58.8 Å². The van der Waals surface area contributed by atoms with Gasteiger partial charge in [-0.3, -0.25) is 9.78 Å². The number of para-hydroxylation sites is 1. The summed E-state index contributed by atoms with van der Waals surface area (Å²) in [6.07, 6.45) is 22.1. The first-order valence-corrected chi connectivity index (χ1v) is 14.7. The first kappa shape index (κ1) is 51.2. The number of rotatable bonds is 16. The first-order valence-electron chi connectivity index (χ1n) is 14.7. The van der Waals surface area contributed by atoms with E-state index in [0.29, 0.717) is 6.42 Å². The van der Waals surface area contributed by atoms with Gasteiger partial charge in [-0.25, -0.2) is 0 Å². The molecule has 3 rings (SSSR count). The monoisotopic (exact) mass is 822 g/mol. The van der Waals surface area contributed by atoms with Gasteiger partial charge in [0.2, 0.25) is 0 Å². The maximum absolute atomic E-state index is 10.3. The Balaban J connectivity index is -0.000000185. The number of nitrogens with zero attached hydrogens (tertiary/aromatic N) is 2. The van der Waals surface area contributed by atoms with Crippen molar-refractivity contribution in [1.82, 2.24) is 17.3 Å². The van der Waals surface area contributed by atoms with Gasteiger partial charge in [-0.1, -0.05) is 139 Å². The molecular formula is C32H56ClN4O6Pt+3. The van der Waals surface area contributed by atoms with Crippen LogP contribution in [0.1, 0.15) is 110 Å². The zero-order valence-corrected chi connectivity index (χ0v) is 29.6. The molecule has 0 saturated heterocycles. The molecule has 0 aliphatic carbocycles. The van der Waals surface area contributed by atoms with Crippen molar-refractivity contribution in [1.29, 1.82) is 0 Å². The van der Waals surface area contributed by atoms with Crippen molar-refractivity contribution in [2.75, 3.05) is 7.11 Å². The molecule has 9 N–H and O–H groups in total. The average Bonchev–Trinajstić information content (AvgIpc) is 2.96. The third-order valence-electron chi connectivity index (χ3n) is 6.49. The van der Waals surface area contributed by atoms with Crippen LogP contribution in [0.4, 0.5) is 0 Å². The summed E-state index contributed by atoms with van der Waals surface area (Å²) in [5, 5.41) is 32.9. The summed E-state index contributed by atoms with van der Waals surface area (Å²) in [4.78, 5) is 23.1. The van der Waals surface area contributed by atoms with Crippen LogP contribution in [0.25, 0.3) is 21.7 Å². The number of aliphatic carboxylic acids is 1. The Kier molecular flexibility index (Phi) is 42.9. The minimum atomic E-state index is -1.50. The number of aromatic nitrogens is 1. The SMILES string of the molecule is CCCCCCCCCCCCCCCCCC(=O)O.CO.N.N.O=[N+]([O-])O.[Cl-].[Pt+4].c1ccc2c(c1)cnc1ccccc12. The number of benzene rings is 2. The van der Waals surface area contributed by atoms with Crippen LogP contribution in [0.5, 0.6) is 0 Å². The summed E-state index contributed by atoms with van der Waals surface area (Å²) >= 11 is 0. The second-order valence-corrected chi connectivity index (χ2v) is 9.69. The van der Waals surface area contributed by atoms with Gasteiger partial charge in [-0.05, 0) is 17.9 Å². The number of halogens is 1. The predicted molar refractivity (Wildman–Crippen MR) is 173 cm³/mol. The van der Waals surface area contributed by atoms with Crippen LogP contribution in [0, 0.1) is 10.1 Å². The van der Waals surface area contributed by atoms with E-state index in [2.05, 4.69) is 42.2 Å². The van der Waals surface area contributed by atoms with Gasteiger partial charge < -0.3 is 40.1 Å². The van der Waals surface area contributed by atoms with E-state index in [1.165, 1.54) is 99.6 Å². The number of hydrogen-bond donors (Lipinski definition) is 5. The molecule has 0 aliphatic heterocycles. The zero-order chi connectivity index (χ0) is 29.8. The molecular weight excluding hydrogens is 767 g/mol. The number of aliphatic hydroxyl groups is 1. The molecule has 0 amide bonds. The summed E-state index contributed by atoms with van der Waals surface area (Å²) in [7, 11) is 1.00. The quantitative estimate of drug-likeness (QED) is 0.0475. The Morgan fingerprint density at radius 2 is 1.09 bits per heavy atom. The van der Waals surface area contributed by atoms with E-state index in [4.69, 9.17) is 25.5 Å². The Morgan fingerprint density at radius 1 is 0.727 bits per heavy atom. The molecule has 254 valence electrons. The molecule has 0 unspecified atom stereocenters. The minimum Gasteiger partial charge on any atom is -1.00 e. The Morgan fingerprint density at radius 3 is 1.52 bits per heavy atom. The van der Waals surface area contributed by atoms with Crippen molar-refractivity contribution in [3.05, 3.63) is 64.8 Å². The van der Waals surface area contributed by atoms with E-state index in [0.717, 1.165) is 25.5 Å². The van der Waals surface area contributed by atoms with Crippen molar-refractivity contribution in [2.45, 2.75) is 110 Å². The van der Waals surface area contributed by atoms with Gasteiger partial charge in [-0.15, -0.1) is 10.1 Å². The number of aliphatic hydroxyl groups excluding tert-OH is 1. The molecule has 1 aromatic heterocycles. The number of fused-ring (bicyclic) bond motifs is 3. The Hall–Kier alpha value is -2.36. The molecule has 0 fully saturated rings. The molecule has 0 saturated carbocycles. The molecule has 0 radical (unpaired) electrons. The minimum absolute atomic E-state index is 0. The number of carbonyl (C=O) groups is 1. The molecule has 0 atom stereocenters. The van der Waals surface area contributed by atoms with Crippen molar-refractivity contribution in [3.63, 3.8) is 0 Å². The van der Waals surface area contributed by atoms with Crippen molar-refractivity contribution in [2.24, 2.45) is 0 Å². The Bertz CT molecular complexity index is 1010. The maximum Gasteiger partial charge on any atom is 4.00 e. The second kappa shape index (κ2) is 36.8. The van der Waals surface area contributed by atoms with Gasteiger partial charge in [0.15, 0.2) is 0 Å². The number of pyridine rings is 1.